The van der Waals surface area contributed by atoms with Gasteiger partial charge < -0.3 is 16.1 Å². The minimum atomic E-state index is 0. The van der Waals surface area contributed by atoms with Gasteiger partial charge in [0.2, 0.25) is 0 Å². The smallest absolute Gasteiger partial charge is 0.188 e. The number of guanidine groups is 1. The van der Waals surface area contributed by atoms with E-state index in [1.54, 1.807) is 0 Å². The first-order valence-corrected chi connectivity index (χ1v) is 3.89. The molecule has 0 aromatic carbocycles. The van der Waals surface area contributed by atoms with Crippen molar-refractivity contribution in [3.8, 4) is 0 Å². The van der Waals surface area contributed by atoms with Crippen LogP contribution in [0, 0.1) is 5.41 Å². The summed E-state index contributed by atoms with van der Waals surface area (Å²) in [7, 11) is 0. The van der Waals surface area contributed by atoms with Crippen LogP contribution in [0.4, 0.5) is 0 Å². The molecule has 0 atom stereocenters. The highest BCUT2D eigenvalue weighted by atomic mass is 16.0. The number of nitrogens with one attached hydrogen (secondary N) is 1. The molecule has 0 aliphatic carbocycles. The van der Waals surface area contributed by atoms with Crippen molar-refractivity contribution in [1.82, 2.24) is 4.90 Å². The van der Waals surface area contributed by atoms with Crippen LogP contribution in [-0.4, -0.2) is 29.4 Å². The lowest BCUT2D eigenvalue weighted by Crippen LogP contribution is -2.36. The fourth-order valence-electron chi connectivity index (χ4n) is 1.31. The molecule has 0 spiro atoms. The van der Waals surface area contributed by atoms with E-state index < -0.39 is 0 Å². The molecule has 0 amide bonds. The fraction of sp³-hybridized carbons (Fsp3) is 0.857. The molecule has 0 bridgehead atoms. The summed E-state index contributed by atoms with van der Waals surface area (Å²) in [5.74, 6) is 0.238. The SMILES string of the molecule is N=C(N)N1CCCCCC1.O. The van der Waals surface area contributed by atoms with Crippen LogP contribution < -0.4 is 5.73 Å². The van der Waals surface area contributed by atoms with Crippen molar-refractivity contribution in [2.24, 2.45) is 5.73 Å². The summed E-state index contributed by atoms with van der Waals surface area (Å²) in [6.07, 6.45) is 4.98. The lowest BCUT2D eigenvalue weighted by molar-refractivity contribution is 0.427. The van der Waals surface area contributed by atoms with Gasteiger partial charge in [0.1, 0.15) is 0 Å². The average molecular weight is 159 g/mol. The third-order valence-electron chi connectivity index (χ3n) is 1.95. The molecule has 4 heteroatoms. The predicted molar refractivity (Wildman–Crippen MR) is 45.6 cm³/mol. The number of hydrogen-bond donors (Lipinski definition) is 2. The highest BCUT2D eigenvalue weighted by molar-refractivity contribution is 5.74. The molecule has 5 N–H and O–H groups in total. The molecule has 0 radical (unpaired) electrons. The molecule has 1 aliphatic rings. The van der Waals surface area contributed by atoms with Gasteiger partial charge >= 0.3 is 0 Å². The van der Waals surface area contributed by atoms with E-state index in [4.69, 9.17) is 11.1 Å². The molecule has 0 aromatic heterocycles. The molecule has 66 valence electrons. The number of likely N-dealkylation sites (tertiary alicyclic amines) is 1. The molecular formula is C7H17N3O. The molecule has 1 saturated heterocycles. The number of rotatable bonds is 0. The van der Waals surface area contributed by atoms with Crippen molar-refractivity contribution < 1.29 is 5.48 Å². The van der Waals surface area contributed by atoms with Gasteiger partial charge in [0.05, 0.1) is 0 Å². The van der Waals surface area contributed by atoms with Gasteiger partial charge in [0.25, 0.3) is 0 Å². The second kappa shape index (κ2) is 4.96. The second-order valence-corrected chi connectivity index (χ2v) is 2.79. The van der Waals surface area contributed by atoms with E-state index in [1.165, 1.54) is 25.7 Å². The molecule has 0 aromatic rings. The average Bonchev–Trinajstić information content (AvgIpc) is 2.12. The van der Waals surface area contributed by atoms with E-state index in [1.807, 2.05) is 4.90 Å². The van der Waals surface area contributed by atoms with Crippen molar-refractivity contribution in [3.05, 3.63) is 0 Å². The van der Waals surface area contributed by atoms with Crippen LogP contribution in [-0.2, 0) is 0 Å². The largest absolute Gasteiger partial charge is 0.412 e. The lowest BCUT2D eigenvalue weighted by Gasteiger charge is -2.19. The summed E-state index contributed by atoms with van der Waals surface area (Å²) >= 11 is 0. The van der Waals surface area contributed by atoms with Gasteiger partial charge in [0, 0.05) is 13.1 Å². The maximum Gasteiger partial charge on any atom is 0.188 e. The molecule has 4 nitrogen and oxygen atoms in total. The molecular weight excluding hydrogens is 142 g/mol. The van der Waals surface area contributed by atoms with Crippen LogP contribution in [0.1, 0.15) is 25.7 Å². The minimum absolute atomic E-state index is 0. The first-order chi connectivity index (χ1) is 4.80. The number of nitrogens with zero attached hydrogens (tertiary/aromatic N) is 1. The molecule has 0 unspecified atom stereocenters. The zero-order valence-corrected chi connectivity index (χ0v) is 6.77. The van der Waals surface area contributed by atoms with Gasteiger partial charge in [-0.3, -0.25) is 5.41 Å². The summed E-state index contributed by atoms with van der Waals surface area (Å²) in [6, 6.07) is 0. The Morgan fingerprint density at radius 3 is 1.91 bits per heavy atom. The van der Waals surface area contributed by atoms with Crippen LogP contribution >= 0.6 is 0 Å². The molecule has 1 rings (SSSR count). The van der Waals surface area contributed by atoms with Gasteiger partial charge in [-0.05, 0) is 12.8 Å². The van der Waals surface area contributed by atoms with Crippen molar-refractivity contribution in [3.63, 3.8) is 0 Å². The third kappa shape index (κ3) is 3.23. The Balaban J connectivity index is 0.000001000. The lowest BCUT2D eigenvalue weighted by atomic mass is 10.2. The molecule has 1 heterocycles. The van der Waals surface area contributed by atoms with Crippen molar-refractivity contribution in [2.75, 3.05) is 13.1 Å². The number of hydrogen-bond acceptors (Lipinski definition) is 1. The zero-order valence-electron chi connectivity index (χ0n) is 6.77. The highest BCUT2D eigenvalue weighted by Crippen LogP contribution is 2.08. The van der Waals surface area contributed by atoms with Crippen LogP contribution in [0.2, 0.25) is 0 Å². The fourth-order valence-corrected chi connectivity index (χ4v) is 1.31. The quantitative estimate of drug-likeness (QED) is 0.383. The molecule has 1 aliphatic heterocycles. The maximum absolute atomic E-state index is 7.19. The monoisotopic (exact) mass is 159 g/mol. The van der Waals surface area contributed by atoms with Crippen LogP contribution in [0.3, 0.4) is 0 Å². The maximum atomic E-state index is 7.19. The Kier molecular flexibility index (Phi) is 4.61. The highest BCUT2D eigenvalue weighted by Gasteiger charge is 2.08. The summed E-state index contributed by atoms with van der Waals surface area (Å²) < 4.78 is 0. The Hall–Kier alpha value is -0.770. The van der Waals surface area contributed by atoms with Crippen molar-refractivity contribution in [1.29, 1.82) is 5.41 Å². The Bertz CT molecular complexity index is 119. The third-order valence-corrected chi connectivity index (χ3v) is 1.95. The zero-order chi connectivity index (χ0) is 7.40. The first kappa shape index (κ1) is 10.2. The van der Waals surface area contributed by atoms with Crippen LogP contribution in [0.25, 0.3) is 0 Å². The van der Waals surface area contributed by atoms with E-state index in [2.05, 4.69) is 0 Å². The van der Waals surface area contributed by atoms with E-state index in [9.17, 15) is 0 Å². The van der Waals surface area contributed by atoms with Crippen LogP contribution in [0.5, 0.6) is 0 Å². The van der Waals surface area contributed by atoms with E-state index in [-0.39, 0.29) is 11.4 Å². The normalized spacial score (nSPS) is 18.4. The molecule has 0 saturated carbocycles. The standard InChI is InChI=1S/C7H15N3.H2O/c8-7(9)10-5-3-1-2-4-6-10;/h1-6H2,(H3,8,9);1H2. The van der Waals surface area contributed by atoms with Crippen LogP contribution in [0.15, 0.2) is 0 Å². The van der Waals surface area contributed by atoms with Gasteiger partial charge in [-0.15, -0.1) is 0 Å². The van der Waals surface area contributed by atoms with Gasteiger partial charge in [-0.25, -0.2) is 0 Å². The predicted octanol–water partition coefficient (Wildman–Crippen LogP) is -0.0688. The Morgan fingerprint density at radius 2 is 1.55 bits per heavy atom. The summed E-state index contributed by atoms with van der Waals surface area (Å²) in [6.45, 7) is 1.96. The minimum Gasteiger partial charge on any atom is -0.412 e. The molecule has 1 fully saturated rings. The van der Waals surface area contributed by atoms with E-state index >= 15 is 0 Å². The van der Waals surface area contributed by atoms with Crippen molar-refractivity contribution >= 4 is 5.96 Å². The van der Waals surface area contributed by atoms with E-state index in [0.717, 1.165) is 13.1 Å². The summed E-state index contributed by atoms with van der Waals surface area (Å²) in [5, 5.41) is 7.19. The van der Waals surface area contributed by atoms with E-state index in [0.29, 0.717) is 0 Å². The second-order valence-electron chi connectivity index (χ2n) is 2.79. The summed E-state index contributed by atoms with van der Waals surface area (Å²) in [5.41, 5.74) is 5.35. The molecule has 11 heavy (non-hydrogen) atoms. The Labute approximate surface area is 67.2 Å². The topological polar surface area (TPSA) is 84.6 Å². The van der Waals surface area contributed by atoms with Gasteiger partial charge in [-0.1, -0.05) is 12.8 Å². The first-order valence-electron chi connectivity index (χ1n) is 3.89. The van der Waals surface area contributed by atoms with Crippen molar-refractivity contribution in [2.45, 2.75) is 25.7 Å². The van der Waals surface area contributed by atoms with Gasteiger partial charge in [0.15, 0.2) is 5.96 Å². The number of nitrogens with two attached hydrogens (primary N) is 1. The Morgan fingerprint density at radius 1 is 1.09 bits per heavy atom. The van der Waals surface area contributed by atoms with Gasteiger partial charge in [-0.2, -0.15) is 0 Å². The summed E-state index contributed by atoms with van der Waals surface area (Å²) in [4.78, 5) is 1.95.